The molecule has 26 heavy (non-hydrogen) atoms. The molecule has 0 aliphatic carbocycles. The van der Waals surface area contributed by atoms with Crippen LogP contribution in [0.15, 0.2) is 24.3 Å². The number of alkyl halides is 3. The van der Waals surface area contributed by atoms with Crippen molar-refractivity contribution in [2.24, 2.45) is 5.92 Å². The number of carbonyl (C=O) groups excluding carboxylic acids is 1. The Morgan fingerprint density at radius 2 is 1.92 bits per heavy atom. The Morgan fingerprint density at radius 1 is 1.27 bits per heavy atom. The van der Waals surface area contributed by atoms with Crippen LogP contribution in [0.5, 0.6) is 0 Å². The highest BCUT2D eigenvalue weighted by atomic mass is 32.2. The number of aliphatic hydroxyl groups is 1. The highest BCUT2D eigenvalue weighted by molar-refractivity contribution is 7.88. The molecule has 10 heteroatoms. The minimum Gasteiger partial charge on any atom is -0.395 e. The van der Waals surface area contributed by atoms with Gasteiger partial charge in [0.05, 0.1) is 17.9 Å². The van der Waals surface area contributed by atoms with Crippen LogP contribution in [0.1, 0.15) is 31.4 Å². The number of hydrogen-bond donors (Lipinski definition) is 3. The summed E-state index contributed by atoms with van der Waals surface area (Å²) in [5.41, 5.74) is -0.976. The van der Waals surface area contributed by atoms with E-state index in [-0.39, 0.29) is 31.1 Å². The highest BCUT2D eigenvalue weighted by Crippen LogP contribution is 2.29. The second-order valence-corrected chi connectivity index (χ2v) is 8.03. The molecule has 0 unspecified atom stereocenters. The van der Waals surface area contributed by atoms with Crippen LogP contribution in [0.4, 0.5) is 13.2 Å². The number of hydrogen-bond acceptors (Lipinski definition) is 4. The Labute approximate surface area is 150 Å². The predicted octanol–water partition coefficient (Wildman–Crippen LogP) is 1.65. The van der Waals surface area contributed by atoms with Crippen molar-refractivity contribution in [2.75, 3.05) is 13.2 Å². The number of benzene rings is 1. The molecule has 1 aromatic rings. The van der Waals surface area contributed by atoms with Crippen LogP contribution in [-0.2, 0) is 26.7 Å². The van der Waals surface area contributed by atoms with Crippen molar-refractivity contribution in [1.29, 1.82) is 0 Å². The summed E-state index contributed by atoms with van der Waals surface area (Å²) < 4.78 is 65.1. The van der Waals surface area contributed by atoms with Crippen molar-refractivity contribution in [3.63, 3.8) is 0 Å². The molecule has 0 saturated heterocycles. The van der Waals surface area contributed by atoms with Gasteiger partial charge < -0.3 is 10.4 Å². The van der Waals surface area contributed by atoms with Gasteiger partial charge in [-0.3, -0.25) is 4.79 Å². The molecule has 6 nitrogen and oxygen atoms in total. The minimum atomic E-state index is -4.57. The van der Waals surface area contributed by atoms with Crippen LogP contribution in [0.3, 0.4) is 0 Å². The fourth-order valence-corrected chi connectivity index (χ4v) is 3.64. The van der Waals surface area contributed by atoms with Gasteiger partial charge in [0.25, 0.3) is 0 Å². The standard InChI is InChI=1S/C16H23F3N2O4S/c1-11(2)8-14(15(23)20-6-7-22)21-26(24,25)10-12-4-3-5-13(9-12)16(17,18)19/h3-5,9,11,14,21-22H,6-8,10H2,1-2H3,(H,20,23)/t14-/m0/s1. The molecule has 0 aliphatic rings. The molecule has 1 amide bonds. The number of halogens is 3. The molecule has 0 bridgehead atoms. The maximum absolute atomic E-state index is 12.7. The quantitative estimate of drug-likeness (QED) is 0.591. The second kappa shape index (κ2) is 9.33. The number of amides is 1. The second-order valence-electron chi connectivity index (χ2n) is 6.27. The third-order valence-corrected chi connectivity index (χ3v) is 4.72. The topological polar surface area (TPSA) is 95.5 Å². The van der Waals surface area contributed by atoms with Gasteiger partial charge in [-0.15, -0.1) is 0 Å². The van der Waals surface area contributed by atoms with Crippen molar-refractivity contribution in [1.82, 2.24) is 10.0 Å². The van der Waals surface area contributed by atoms with Crippen LogP contribution in [-0.4, -0.2) is 38.6 Å². The Bertz CT molecular complexity index is 706. The number of carbonyl (C=O) groups is 1. The maximum atomic E-state index is 12.7. The monoisotopic (exact) mass is 396 g/mol. The van der Waals surface area contributed by atoms with Crippen LogP contribution < -0.4 is 10.0 Å². The van der Waals surface area contributed by atoms with Crippen LogP contribution >= 0.6 is 0 Å². The first-order valence-electron chi connectivity index (χ1n) is 7.99. The first-order valence-corrected chi connectivity index (χ1v) is 9.64. The summed E-state index contributed by atoms with van der Waals surface area (Å²) in [6.45, 7) is 3.28. The molecule has 0 heterocycles. The zero-order chi connectivity index (χ0) is 20.0. The predicted molar refractivity (Wildman–Crippen MR) is 90.5 cm³/mol. The summed E-state index contributed by atoms with van der Waals surface area (Å²) in [4.78, 5) is 12.1. The summed E-state index contributed by atoms with van der Waals surface area (Å²) in [5.74, 6) is -1.28. The summed E-state index contributed by atoms with van der Waals surface area (Å²) in [6, 6.07) is 2.96. The first-order chi connectivity index (χ1) is 11.9. The molecule has 1 atom stereocenters. The van der Waals surface area contributed by atoms with Gasteiger partial charge in [-0.05, 0) is 24.0 Å². The van der Waals surface area contributed by atoms with Gasteiger partial charge in [-0.1, -0.05) is 32.0 Å². The third kappa shape index (κ3) is 7.71. The van der Waals surface area contributed by atoms with Crippen LogP contribution in [0, 0.1) is 5.92 Å². The Morgan fingerprint density at radius 3 is 2.46 bits per heavy atom. The zero-order valence-corrected chi connectivity index (χ0v) is 15.3. The summed E-state index contributed by atoms with van der Waals surface area (Å²) in [7, 11) is -4.05. The first kappa shape index (κ1) is 22.4. The van der Waals surface area contributed by atoms with E-state index in [0.717, 1.165) is 18.2 Å². The van der Waals surface area contributed by atoms with E-state index in [0.29, 0.717) is 0 Å². The van der Waals surface area contributed by atoms with Gasteiger partial charge in [0.1, 0.15) is 6.04 Å². The lowest BCUT2D eigenvalue weighted by Gasteiger charge is -2.20. The number of rotatable bonds is 9. The highest BCUT2D eigenvalue weighted by Gasteiger charge is 2.31. The van der Waals surface area contributed by atoms with Crippen LogP contribution in [0.2, 0.25) is 0 Å². The third-order valence-electron chi connectivity index (χ3n) is 3.37. The Hall–Kier alpha value is -1.65. The van der Waals surface area contributed by atoms with Gasteiger partial charge in [0.2, 0.25) is 15.9 Å². The van der Waals surface area contributed by atoms with Crippen molar-refractivity contribution in [3.8, 4) is 0 Å². The molecule has 0 aliphatic heterocycles. The lowest BCUT2D eigenvalue weighted by molar-refractivity contribution is -0.137. The van der Waals surface area contributed by atoms with E-state index in [1.54, 1.807) is 13.8 Å². The number of nitrogens with one attached hydrogen (secondary N) is 2. The summed E-state index contributed by atoms with van der Waals surface area (Å²) >= 11 is 0. The van der Waals surface area contributed by atoms with Gasteiger partial charge in [0.15, 0.2) is 0 Å². The molecule has 0 saturated carbocycles. The van der Waals surface area contributed by atoms with Crippen molar-refractivity contribution >= 4 is 15.9 Å². The van der Waals surface area contributed by atoms with Crippen LogP contribution in [0.25, 0.3) is 0 Å². The van der Waals surface area contributed by atoms with E-state index in [2.05, 4.69) is 10.0 Å². The van der Waals surface area contributed by atoms with Crippen molar-refractivity contribution in [2.45, 2.75) is 38.2 Å². The molecule has 1 aromatic carbocycles. The normalized spacial score (nSPS) is 13.7. The van der Waals surface area contributed by atoms with Crippen molar-refractivity contribution in [3.05, 3.63) is 35.4 Å². The lowest BCUT2D eigenvalue weighted by Crippen LogP contribution is -2.48. The van der Waals surface area contributed by atoms with E-state index in [1.165, 1.54) is 6.07 Å². The SMILES string of the molecule is CC(C)C[C@H](NS(=O)(=O)Cc1cccc(C(F)(F)F)c1)C(=O)NCCO. The molecular formula is C16H23F3N2O4S. The molecule has 0 fully saturated rings. The average Bonchev–Trinajstić information content (AvgIpc) is 2.50. The number of aliphatic hydroxyl groups excluding tert-OH is 1. The fourth-order valence-electron chi connectivity index (χ4n) is 2.30. The Balaban J connectivity index is 2.92. The zero-order valence-electron chi connectivity index (χ0n) is 14.5. The maximum Gasteiger partial charge on any atom is 0.416 e. The average molecular weight is 396 g/mol. The molecule has 1 rings (SSSR count). The molecule has 3 N–H and O–H groups in total. The van der Waals surface area contributed by atoms with Gasteiger partial charge >= 0.3 is 6.18 Å². The molecule has 0 spiro atoms. The summed E-state index contributed by atoms with van der Waals surface area (Å²) in [5, 5.41) is 11.1. The van der Waals surface area contributed by atoms with Gasteiger partial charge in [0, 0.05) is 6.54 Å². The molecule has 148 valence electrons. The number of sulfonamides is 1. The molecular weight excluding hydrogens is 373 g/mol. The summed E-state index contributed by atoms with van der Waals surface area (Å²) in [6.07, 6.45) is -4.36. The van der Waals surface area contributed by atoms with E-state index in [1.807, 2.05) is 0 Å². The van der Waals surface area contributed by atoms with Gasteiger partial charge in [-0.2, -0.15) is 13.2 Å². The molecule has 0 radical (unpaired) electrons. The lowest BCUT2D eigenvalue weighted by atomic mass is 10.0. The van der Waals surface area contributed by atoms with E-state index in [9.17, 15) is 26.4 Å². The largest absolute Gasteiger partial charge is 0.416 e. The molecule has 0 aromatic heterocycles. The van der Waals surface area contributed by atoms with E-state index >= 15 is 0 Å². The smallest absolute Gasteiger partial charge is 0.395 e. The van der Waals surface area contributed by atoms with Gasteiger partial charge in [-0.25, -0.2) is 13.1 Å². The van der Waals surface area contributed by atoms with E-state index in [4.69, 9.17) is 5.11 Å². The minimum absolute atomic E-state index is 0.00358. The van der Waals surface area contributed by atoms with Crippen molar-refractivity contribution < 1.29 is 31.5 Å². The fraction of sp³-hybridized carbons (Fsp3) is 0.562. The Kier molecular flexibility index (Phi) is 8.04. The van der Waals surface area contributed by atoms with E-state index < -0.39 is 39.5 Å².